The number of phenolic OH excluding ortho intramolecular Hbond substituents is 1. The molecule has 1 aliphatic carbocycles. The molecule has 2 aromatic heterocycles. The van der Waals surface area contributed by atoms with Gasteiger partial charge in [-0.2, -0.15) is 5.10 Å². The van der Waals surface area contributed by atoms with Gasteiger partial charge in [-0.25, -0.2) is 4.68 Å². The Hall–Kier alpha value is -3.22. The predicted octanol–water partition coefficient (Wildman–Crippen LogP) is 4.01. The number of aryl methyl sites for hydroxylation is 1. The third-order valence-corrected chi connectivity index (χ3v) is 6.29. The maximum Gasteiger partial charge on any atom is 0.267 e. The zero-order chi connectivity index (χ0) is 22.0. The Labute approximate surface area is 182 Å². The third kappa shape index (κ3) is 4.60. The van der Waals surface area contributed by atoms with Crippen LogP contribution >= 0.6 is 0 Å². The first kappa shape index (κ1) is 21.0. The van der Waals surface area contributed by atoms with Gasteiger partial charge < -0.3 is 10.0 Å². The number of rotatable bonds is 4. The minimum Gasteiger partial charge on any atom is -0.507 e. The van der Waals surface area contributed by atoms with Gasteiger partial charge in [-0.3, -0.25) is 4.79 Å². The summed E-state index contributed by atoms with van der Waals surface area (Å²) in [5.41, 5.74) is 2.39. The van der Waals surface area contributed by atoms with Crippen molar-refractivity contribution in [1.82, 2.24) is 20.0 Å². The summed E-state index contributed by atoms with van der Waals surface area (Å²) >= 11 is 0. The molecule has 1 fully saturated rings. The van der Waals surface area contributed by atoms with Gasteiger partial charge in [-0.1, -0.05) is 32.3 Å². The largest absolute Gasteiger partial charge is 0.507 e. The molecule has 7 nitrogen and oxygen atoms in total. The van der Waals surface area contributed by atoms with Crippen LogP contribution in [-0.4, -0.2) is 38.2 Å². The van der Waals surface area contributed by atoms with Crippen LogP contribution < -0.4 is 10.5 Å². The SMILES string of the molecule is C[C@@H]1CCCC[C@H](N(C)c2ccc(-c3ccc(-c4cnn(C)c(=O)c4)cc3O)nn2)C1. The van der Waals surface area contributed by atoms with Gasteiger partial charge in [0, 0.05) is 37.3 Å². The molecule has 3 aromatic rings. The molecular formula is C24H29N5O2. The monoisotopic (exact) mass is 419 g/mol. The van der Waals surface area contributed by atoms with Crippen molar-refractivity contribution in [3.05, 3.63) is 52.9 Å². The summed E-state index contributed by atoms with van der Waals surface area (Å²) < 4.78 is 1.27. The first-order valence-electron chi connectivity index (χ1n) is 10.9. The number of nitrogens with zero attached hydrogens (tertiary/aromatic N) is 5. The number of benzene rings is 1. The molecule has 4 rings (SSSR count). The fourth-order valence-corrected chi connectivity index (χ4v) is 4.32. The van der Waals surface area contributed by atoms with Gasteiger partial charge >= 0.3 is 0 Å². The highest BCUT2D eigenvalue weighted by atomic mass is 16.3. The highest BCUT2D eigenvalue weighted by molar-refractivity contribution is 5.74. The van der Waals surface area contributed by atoms with Crippen LogP contribution in [0.4, 0.5) is 5.82 Å². The topological polar surface area (TPSA) is 84.1 Å². The summed E-state index contributed by atoms with van der Waals surface area (Å²) in [6.07, 6.45) is 7.84. The van der Waals surface area contributed by atoms with E-state index in [0.29, 0.717) is 22.9 Å². The first-order chi connectivity index (χ1) is 14.9. The lowest BCUT2D eigenvalue weighted by atomic mass is 9.99. The summed E-state index contributed by atoms with van der Waals surface area (Å²) in [5.74, 6) is 1.68. The lowest BCUT2D eigenvalue weighted by Crippen LogP contribution is -2.33. The summed E-state index contributed by atoms with van der Waals surface area (Å²) in [7, 11) is 3.69. The highest BCUT2D eigenvalue weighted by Crippen LogP contribution is 2.33. The Morgan fingerprint density at radius 2 is 1.87 bits per heavy atom. The van der Waals surface area contributed by atoms with Crippen LogP contribution in [0.5, 0.6) is 5.75 Å². The molecule has 2 atom stereocenters. The molecule has 1 saturated carbocycles. The molecule has 0 radical (unpaired) electrons. The number of phenols is 1. The van der Waals surface area contributed by atoms with E-state index in [9.17, 15) is 9.90 Å². The minimum atomic E-state index is -0.199. The lowest BCUT2D eigenvalue weighted by molar-refractivity contribution is 0.456. The van der Waals surface area contributed by atoms with Crippen LogP contribution in [0.25, 0.3) is 22.4 Å². The standard InChI is InChI=1S/C24H29N5O2/c1-16-6-4-5-7-19(12-16)28(2)23-11-10-21(26-27-23)20-9-8-17(13-22(20)30)18-14-24(31)29(3)25-15-18/h8-11,13-16,19,30H,4-7,12H2,1-3H3/t16-,19+/m1/s1. The van der Waals surface area contributed by atoms with Crippen molar-refractivity contribution in [3.63, 3.8) is 0 Å². The van der Waals surface area contributed by atoms with E-state index < -0.39 is 0 Å². The molecule has 0 bridgehead atoms. The molecule has 0 spiro atoms. The lowest BCUT2D eigenvalue weighted by Gasteiger charge is -2.29. The number of anilines is 1. The Morgan fingerprint density at radius 3 is 2.58 bits per heavy atom. The molecule has 0 saturated heterocycles. The van der Waals surface area contributed by atoms with Gasteiger partial charge in [0.15, 0.2) is 5.82 Å². The van der Waals surface area contributed by atoms with Crippen LogP contribution in [0.1, 0.15) is 39.0 Å². The molecule has 0 amide bonds. The van der Waals surface area contributed by atoms with Gasteiger partial charge in [-0.15, -0.1) is 10.2 Å². The molecule has 31 heavy (non-hydrogen) atoms. The Morgan fingerprint density at radius 1 is 1.06 bits per heavy atom. The van der Waals surface area contributed by atoms with Gasteiger partial charge in [0.1, 0.15) is 5.75 Å². The van der Waals surface area contributed by atoms with Gasteiger partial charge in [-0.05, 0) is 48.6 Å². The van der Waals surface area contributed by atoms with Crippen LogP contribution in [0.3, 0.4) is 0 Å². The Balaban J connectivity index is 1.54. The van der Waals surface area contributed by atoms with Crippen LogP contribution in [0.2, 0.25) is 0 Å². The summed E-state index contributed by atoms with van der Waals surface area (Å²) in [6, 6.07) is 11.1. The van der Waals surface area contributed by atoms with Gasteiger partial charge in [0.05, 0.1) is 11.9 Å². The molecule has 2 heterocycles. The van der Waals surface area contributed by atoms with Crippen molar-refractivity contribution in [3.8, 4) is 28.1 Å². The van der Waals surface area contributed by atoms with E-state index >= 15 is 0 Å². The molecule has 1 aliphatic rings. The van der Waals surface area contributed by atoms with E-state index in [1.54, 1.807) is 25.4 Å². The number of aromatic nitrogens is 4. The van der Waals surface area contributed by atoms with Crippen molar-refractivity contribution in [1.29, 1.82) is 0 Å². The minimum absolute atomic E-state index is 0.0891. The second-order valence-electron chi connectivity index (χ2n) is 8.60. The van der Waals surface area contributed by atoms with Crippen LogP contribution in [0.15, 0.2) is 47.4 Å². The zero-order valence-electron chi connectivity index (χ0n) is 18.3. The number of hydrogen-bond acceptors (Lipinski definition) is 6. The molecular weight excluding hydrogens is 390 g/mol. The molecule has 7 heteroatoms. The predicted molar refractivity (Wildman–Crippen MR) is 122 cm³/mol. The van der Waals surface area contributed by atoms with Crippen molar-refractivity contribution in [2.75, 3.05) is 11.9 Å². The summed E-state index contributed by atoms with van der Waals surface area (Å²) in [6.45, 7) is 2.33. The maximum atomic E-state index is 11.8. The molecule has 1 aromatic carbocycles. The van der Waals surface area contributed by atoms with Crippen LogP contribution in [0, 0.1) is 5.92 Å². The third-order valence-electron chi connectivity index (χ3n) is 6.29. The quantitative estimate of drug-likeness (QED) is 0.643. The second-order valence-corrected chi connectivity index (χ2v) is 8.60. The van der Waals surface area contributed by atoms with Gasteiger partial charge in [0.25, 0.3) is 5.56 Å². The van der Waals surface area contributed by atoms with Crippen molar-refractivity contribution < 1.29 is 5.11 Å². The Bertz CT molecular complexity index is 1110. The second kappa shape index (κ2) is 8.88. The number of aromatic hydroxyl groups is 1. The van der Waals surface area contributed by atoms with E-state index in [1.807, 2.05) is 18.2 Å². The smallest absolute Gasteiger partial charge is 0.267 e. The average Bonchev–Trinajstić information content (AvgIpc) is 2.99. The highest BCUT2D eigenvalue weighted by Gasteiger charge is 2.22. The molecule has 0 unspecified atom stereocenters. The average molecular weight is 420 g/mol. The van der Waals surface area contributed by atoms with E-state index in [-0.39, 0.29) is 11.3 Å². The van der Waals surface area contributed by atoms with E-state index in [2.05, 4.69) is 34.2 Å². The van der Waals surface area contributed by atoms with E-state index in [0.717, 1.165) is 17.3 Å². The molecule has 0 aliphatic heterocycles. The fraction of sp³-hybridized carbons (Fsp3) is 0.417. The maximum absolute atomic E-state index is 11.8. The number of hydrogen-bond donors (Lipinski definition) is 1. The van der Waals surface area contributed by atoms with Gasteiger partial charge in [0.2, 0.25) is 0 Å². The summed E-state index contributed by atoms with van der Waals surface area (Å²) in [5, 5.41) is 23.4. The zero-order valence-corrected chi connectivity index (χ0v) is 18.3. The summed E-state index contributed by atoms with van der Waals surface area (Å²) in [4.78, 5) is 14.1. The molecule has 1 N–H and O–H groups in total. The normalized spacial score (nSPS) is 19.1. The molecule has 162 valence electrons. The first-order valence-corrected chi connectivity index (χ1v) is 10.9. The Kier molecular flexibility index (Phi) is 6.02. The van der Waals surface area contributed by atoms with Crippen LogP contribution in [-0.2, 0) is 7.05 Å². The fourth-order valence-electron chi connectivity index (χ4n) is 4.32. The van der Waals surface area contributed by atoms with E-state index in [1.165, 1.54) is 42.9 Å². The van der Waals surface area contributed by atoms with E-state index in [4.69, 9.17) is 0 Å². The van der Waals surface area contributed by atoms with Crippen molar-refractivity contribution in [2.24, 2.45) is 13.0 Å². The van der Waals surface area contributed by atoms with Crippen molar-refractivity contribution >= 4 is 5.82 Å². The van der Waals surface area contributed by atoms with Crippen molar-refractivity contribution in [2.45, 2.75) is 45.1 Å².